The molecule has 4 aromatic rings. The summed E-state index contributed by atoms with van der Waals surface area (Å²) in [6.45, 7) is 2.06. The van der Waals surface area contributed by atoms with Gasteiger partial charge in [-0.25, -0.2) is 14.2 Å². The fourth-order valence-corrected chi connectivity index (χ4v) is 5.63. The van der Waals surface area contributed by atoms with E-state index in [-0.39, 0.29) is 47.0 Å². The third kappa shape index (κ3) is 5.35. The monoisotopic (exact) mass is 652 g/mol. The van der Waals surface area contributed by atoms with Crippen LogP contribution in [0.3, 0.4) is 0 Å². The number of anilines is 1. The number of carbonyl (C=O) groups excluding carboxylic acids is 3. The van der Waals surface area contributed by atoms with Crippen molar-refractivity contribution in [2.45, 2.75) is 31.0 Å². The summed E-state index contributed by atoms with van der Waals surface area (Å²) in [4.78, 5) is 48.3. The zero-order chi connectivity index (χ0) is 33.9. The van der Waals surface area contributed by atoms with Gasteiger partial charge in [0.25, 0.3) is 5.91 Å². The van der Waals surface area contributed by atoms with E-state index in [0.29, 0.717) is 17.4 Å². The minimum absolute atomic E-state index is 0.0474. The first kappa shape index (κ1) is 31.7. The number of aryl methyl sites for hydroxylation is 1. The lowest BCUT2D eigenvalue weighted by atomic mass is 9.81. The molecule has 0 radical (unpaired) electrons. The van der Waals surface area contributed by atoms with Crippen molar-refractivity contribution < 1.29 is 41.8 Å². The van der Waals surface area contributed by atoms with Crippen molar-refractivity contribution in [3.8, 4) is 17.0 Å². The standard InChI is InChI=1S/C32H28F4N6O5/c1-16-9-18-10-19(11-22(24(18)39-13-16)42-8-7-38-29(42)45)27(43)40-14-31(46,32(34,35)36)23-12-21-26(47-15-30(21,2)28(37)44)25(41-23)17-3-5-20(33)6-4-17/h3-6,9-13,46H,7-8,14-15H2,1-2H3,(H2,37,44)(H,38,45)(H,40,43)/t30-,31?/m0/s1. The molecule has 2 aromatic carbocycles. The topological polar surface area (TPSA) is 160 Å². The Morgan fingerprint density at radius 3 is 2.53 bits per heavy atom. The lowest BCUT2D eigenvalue weighted by Crippen LogP contribution is -2.51. The van der Waals surface area contributed by atoms with E-state index in [4.69, 9.17) is 10.5 Å². The van der Waals surface area contributed by atoms with Crippen LogP contribution in [0.25, 0.3) is 22.2 Å². The first-order valence-electron chi connectivity index (χ1n) is 14.4. The predicted molar refractivity (Wildman–Crippen MR) is 161 cm³/mol. The van der Waals surface area contributed by atoms with Gasteiger partial charge in [-0.05, 0) is 67.9 Å². The number of hydrogen-bond donors (Lipinski definition) is 4. The Bertz CT molecular complexity index is 1950. The Morgan fingerprint density at radius 1 is 1.17 bits per heavy atom. The van der Waals surface area contributed by atoms with Crippen LogP contribution in [0.4, 0.5) is 28.0 Å². The molecule has 0 aliphatic carbocycles. The Balaban J connectivity index is 1.42. The van der Waals surface area contributed by atoms with Crippen molar-refractivity contribution in [1.82, 2.24) is 20.6 Å². The third-order valence-corrected chi connectivity index (χ3v) is 8.44. The molecule has 244 valence electrons. The average molecular weight is 653 g/mol. The number of halogens is 4. The van der Waals surface area contributed by atoms with Crippen molar-refractivity contribution >= 4 is 34.4 Å². The molecule has 6 rings (SSSR count). The van der Waals surface area contributed by atoms with Crippen LogP contribution in [-0.4, -0.2) is 65.3 Å². The Labute approximate surface area is 264 Å². The van der Waals surface area contributed by atoms with Crippen molar-refractivity contribution in [3.63, 3.8) is 0 Å². The van der Waals surface area contributed by atoms with Crippen molar-refractivity contribution in [2.75, 3.05) is 31.1 Å². The number of pyridine rings is 2. The van der Waals surface area contributed by atoms with Gasteiger partial charge in [-0.2, -0.15) is 13.2 Å². The molecular formula is C32H28F4N6O5. The van der Waals surface area contributed by atoms with E-state index in [1.807, 2.05) is 0 Å². The molecule has 15 heteroatoms. The maximum atomic E-state index is 14.8. The lowest BCUT2D eigenvalue weighted by molar-refractivity contribution is -0.265. The first-order valence-corrected chi connectivity index (χ1v) is 14.4. The van der Waals surface area contributed by atoms with Crippen LogP contribution < -0.4 is 26.0 Å². The van der Waals surface area contributed by atoms with E-state index in [1.54, 1.807) is 19.2 Å². The van der Waals surface area contributed by atoms with Crippen LogP contribution in [0.5, 0.6) is 5.75 Å². The van der Waals surface area contributed by atoms with Crippen LogP contribution in [0.1, 0.15) is 34.1 Å². The SMILES string of the molecule is Cc1cnc2c(N3CCNC3=O)cc(C(=O)NCC(O)(c3cc4c(c(-c5ccc(F)cc5)n3)OC[C@]4(C)C(N)=O)C(F)(F)F)cc2c1. The molecule has 47 heavy (non-hydrogen) atoms. The Kier molecular flexibility index (Phi) is 7.54. The van der Waals surface area contributed by atoms with Crippen LogP contribution in [0.2, 0.25) is 0 Å². The number of aromatic nitrogens is 2. The molecule has 4 heterocycles. The largest absolute Gasteiger partial charge is 0.489 e. The van der Waals surface area contributed by atoms with Gasteiger partial charge in [-0.3, -0.25) is 19.5 Å². The van der Waals surface area contributed by atoms with Crippen molar-refractivity contribution in [1.29, 1.82) is 0 Å². The third-order valence-electron chi connectivity index (χ3n) is 8.44. The van der Waals surface area contributed by atoms with Gasteiger partial charge in [0.1, 0.15) is 29.3 Å². The summed E-state index contributed by atoms with van der Waals surface area (Å²) in [6.07, 6.45) is -3.81. The van der Waals surface area contributed by atoms with E-state index in [1.165, 1.54) is 36.1 Å². The molecule has 5 N–H and O–H groups in total. The summed E-state index contributed by atoms with van der Waals surface area (Å²) in [7, 11) is 0. The smallest absolute Gasteiger partial charge is 0.424 e. The molecular weight excluding hydrogens is 624 g/mol. The fourth-order valence-electron chi connectivity index (χ4n) is 5.63. The van der Waals surface area contributed by atoms with Crippen molar-refractivity contribution in [3.05, 3.63) is 82.9 Å². The molecule has 4 amide bonds. The Hall–Kier alpha value is -5.31. The van der Waals surface area contributed by atoms with Crippen LogP contribution >= 0.6 is 0 Å². The summed E-state index contributed by atoms with van der Waals surface area (Å²) >= 11 is 0. The lowest BCUT2D eigenvalue weighted by Gasteiger charge is -2.31. The second-order valence-corrected chi connectivity index (χ2v) is 11.7. The molecule has 0 saturated carbocycles. The normalized spacial score (nSPS) is 18.8. The number of fused-ring (bicyclic) bond motifs is 2. The molecule has 1 unspecified atom stereocenters. The summed E-state index contributed by atoms with van der Waals surface area (Å²) in [6, 6.07) is 9.58. The highest BCUT2D eigenvalue weighted by atomic mass is 19.4. The molecule has 1 fully saturated rings. The number of ether oxygens (including phenoxy) is 1. The van der Waals surface area contributed by atoms with Gasteiger partial charge < -0.3 is 26.2 Å². The second-order valence-electron chi connectivity index (χ2n) is 11.7. The second kappa shape index (κ2) is 11.2. The zero-order valence-corrected chi connectivity index (χ0v) is 25.0. The number of carbonyl (C=O) groups is 3. The quantitative estimate of drug-likeness (QED) is 0.222. The number of aliphatic hydroxyl groups is 1. The highest BCUT2D eigenvalue weighted by Gasteiger charge is 2.57. The zero-order valence-electron chi connectivity index (χ0n) is 25.0. The van der Waals surface area contributed by atoms with Gasteiger partial charge in [-0.15, -0.1) is 0 Å². The summed E-state index contributed by atoms with van der Waals surface area (Å²) in [5.41, 5.74) is 0.528. The van der Waals surface area contributed by atoms with E-state index >= 15 is 0 Å². The van der Waals surface area contributed by atoms with E-state index in [0.717, 1.165) is 23.8 Å². The minimum atomic E-state index is -5.40. The van der Waals surface area contributed by atoms with Gasteiger partial charge in [-0.1, -0.05) is 0 Å². The molecule has 0 bridgehead atoms. The highest BCUT2D eigenvalue weighted by Crippen LogP contribution is 2.47. The van der Waals surface area contributed by atoms with Gasteiger partial charge in [0.15, 0.2) is 0 Å². The molecule has 11 nitrogen and oxygen atoms in total. The number of amides is 4. The maximum absolute atomic E-state index is 14.8. The van der Waals surface area contributed by atoms with Gasteiger partial charge in [0.2, 0.25) is 11.5 Å². The summed E-state index contributed by atoms with van der Waals surface area (Å²) in [5.74, 6) is -2.55. The number of alkyl halides is 3. The average Bonchev–Trinajstić information content (AvgIpc) is 3.61. The predicted octanol–water partition coefficient (Wildman–Crippen LogP) is 3.59. The number of nitrogens with two attached hydrogens (primary N) is 1. The van der Waals surface area contributed by atoms with E-state index in [9.17, 15) is 37.1 Å². The van der Waals surface area contributed by atoms with Gasteiger partial charge >= 0.3 is 12.2 Å². The van der Waals surface area contributed by atoms with Gasteiger partial charge in [0, 0.05) is 41.4 Å². The highest BCUT2D eigenvalue weighted by molar-refractivity contribution is 6.07. The molecule has 0 spiro atoms. The summed E-state index contributed by atoms with van der Waals surface area (Å²) in [5, 5.41) is 16.6. The number of rotatable bonds is 7. The number of urea groups is 1. The molecule has 1 saturated heterocycles. The first-order chi connectivity index (χ1) is 22.1. The van der Waals surface area contributed by atoms with E-state index in [2.05, 4.69) is 20.6 Å². The van der Waals surface area contributed by atoms with Crippen LogP contribution in [-0.2, 0) is 15.8 Å². The molecule has 2 aliphatic rings. The fraction of sp³-hybridized carbons (Fsp3) is 0.281. The Morgan fingerprint density at radius 2 is 1.89 bits per heavy atom. The number of benzene rings is 2. The van der Waals surface area contributed by atoms with E-state index < -0.39 is 53.1 Å². The van der Waals surface area contributed by atoms with Crippen LogP contribution in [0.15, 0.2) is 54.7 Å². The number of primary amides is 1. The number of hydrogen-bond acceptors (Lipinski definition) is 7. The van der Waals surface area contributed by atoms with Crippen LogP contribution in [0, 0.1) is 12.7 Å². The number of nitrogens with one attached hydrogen (secondary N) is 2. The molecule has 2 aliphatic heterocycles. The van der Waals surface area contributed by atoms with Crippen molar-refractivity contribution in [2.24, 2.45) is 5.73 Å². The molecule has 2 atom stereocenters. The minimum Gasteiger partial charge on any atom is -0.489 e. The maximum Gasteiger partial charge on any atom is 0.424 e. The summed E-state index contributed by atoms with van der Waals surface area (Å²) < 4.78 is 63.9. The van der Waals surface area contributed by atoms with Gasteiger partial charge in [0.05, 0.1) is 23.4 Å². The molecule has 2 aromatic heterocycles. The number of nitrogens with zero attached hydrogens (tertiary/aromatic N) is 3.